The fourth-order valence-corrected chi connectivity index (χ4v) is 0.247. The molecule has 8 heavy (non-hydrogen) atoms. The first-order valence-electron chi connectivity index (χ1n) is 2.21. The first-order chi connectivity index (χ1) is 3.55. The lowest BCUT2D eigenvalue weighted by Gasteiger charge is -2.03. The van der Waals surface area contributed by atoms with E-state index in [0.717, 1.165) is 0 Å². The van der Waals surface area contributed by atoms with Gasteiger partial charge in [-0.05, 0) is 6.92 Å². The van der Waals surface area contributed by atoms with Crippen LogP contribution in [0.15, 0.2) is 0 Å². The number of hydrogen-bond donors (Lipinski definition) is 3. The summed E-state index contributed by atoms with van der Waals surface area (Å²) in [5.41, 5.74) is 4.68. The molecule has 0 fully saturated rings. The fourth-order valence-electron chi connectivity index (χ4n) is 0.247. The SMILES string of the molecule is CC(O)C(=O)C(N)O. The fraction of sp³-hybridized carbons (Fsp3) is 0.750. The summed E-state index contributed by atoms with van der Waals surface area (Å²) in [5, 5.41) is 16.7. The lowest BCUT2D eigenvalue weighted by molar-refractivity contribution is -0.134. The molecule has 0 aromatic carbocycles. The van der Waals surface area contributed by atoms with Gasteiger partial charge in [0.1, 0.15) is 6.10 Å². The van der Waals surface area contributed by atoms with Gasteiger partial charge in [-0.2, -0.15) is 0 Å². The predicted octanol–water partition coefficient (Wildman–Crippen LogP) is -1.79. The van der Waals surface area contributed by atoms with Crippen LogP contribution in [0.2, 0.25) is 0 Å². The van der Waals surface area contributed by atoms with Crippen molar-refractivity contribution in [2.45, 2.75) is 19.3 Å². The Labute approximate surface area is 46.9 Å². The highest BCUT2D eigenvalue weighted by Gasteiger charge is 2.14. The lowest BCUT2D eigenvalue weighted by atomic mass is 10.2. The minimum Gasteiger partial charge on any atom is -0.385 e. The van der Waals surface area contributed by atoms with Gasteiger partial charge < -0.3 is 10.2 Å². The molecule has 0 aliphatic rings. The molecule has 4 heteroatoms. The third-order valence-corrected chi connectivity index (χ3v) is 0.703. The van der Waals surface area contributed by atoms with Crippen molar-refractivity contribution in [3.63, 3.8) is 0 Å². The molecule has 0 aromatic rings. The smallest absolute Gasteiger partial charge is 0.203 e. The number of carbonyl (C=O) groups excluding carboxylic acids is 1. The van der Waals surface area contributed by atoms with E-state index >= 15 is 0 Å². The molecular formula is C4H9NO3. The van der Waals surface area contributed by atoms with Crippen LogP contribution < -0.4 is 5.73 Å². The average Bonchev–Trinajstić information content (AvgIpc) is 1.64. The highest BCUT2D eigenvalue weighted by molar-refractivity contribution is 5.85. The van der Waals surface area contributed by atoms with Crippen molar-refractivity contribution in [2.24, 2.45) is 5.73 Å². The van der Waals surface area contributed by atoms with Gasteiger partial charge in [0.2, 0.25) is 5.78 Å². The molecule has 0 spiro atoms. The van der Waals surface area contributed by atoms with E-state index in [4.69, 9.17) is 10.2 Å². The van der Waals surface area contributed by atoms with Crippen LogP contribution in [-0.4, -0.2) is 28.3 Å². The van der Waals surface area contributed by atoms with Crippen molar-refractivity contribution in [3.8, 4) is 0 Å². The summed E-state index contributed by atoms with van der Waals surface area (Å²) in [6, 6.07) is 0. The number of carbonyl (C=O) groups is 1. The third kappa shape index (κ3) is 2.02. The topological polar surface area (TPSA) is 83.5 Å². The predicted molar refractivity (Wildman–Crippen MR) is 26.9 cm³/mol. The zero-order valence-electron chi connectivity index (χ0n) is 4.53. The van der Waals surface area contributed by atoms with Crippen molar-refractivity contribution < 1.29 is 15.0 Å². The monoisotopic (exact) mass is 119 g/mol. The highest BCUT2D eigenvalue weighted by atomic mass is 16.3. The molecule has 0 saturated heterocycles. The summed E-state index contributed by atoms with van der Waals surface area (Å²) in [6.07, 6.45) is -2.72. The molecule has 0 rings (SSSR count). The number of ketones is 1. The Balaban J connectivity index is 3.65. The minimum absolute atomic E-state index is 0.759. The average molecular weight is 119 g/mol. The van der Waals surface area contributed by atoms with Crippen molar-refractivity contribution in [3.05, 3.63) is 0 Å². The van der Waals surface area contributed by atoms with Gasteiger partial charge in [-0.25, -0.2) is 0 Å². The van der Waals surface area contributed by atoms with E-state index in [-0.39, 0.29) is 0 Å². The molecule has 0 aliphatic heterocycles. The Hall–Kier alpha value is -0.450. The van der Waals surface area contributed by atoms with Gasteiger partial charge in [-0.1, -0.05) is 0 Å². The molecule has 48 valence electrons. The molecule has 2 unspecified atom stereocenters. The van der Waals surface area contributed by atoms with Crippen LogP contribution in [0.3, 0.4) is 0 Å². The summed E-state index contributed by atoms with van der Waals surface area (Å²) in [6.45, 7) is 1.25. The molecule has 0 saturated carbocycles. The van der Waals surface area contributed by atoms with E-state index in [1.165, 1.54) is 6.92 Å². The molecule has 2 atom stereocenters. The summed E-state index contributed by atoms with van der Waals surface area (Å²) in [4.78, 5) is 10.2. The quantitative estimate of drug-likeness (QED) is 0.375. The van der Waals surface area contributed by atoms with Crippen LogP contribution in [0.25, 0.3) is 0 Å². The molecule has 0 aliphatic carbocycles. The zero-order valence-corrected chi connectivity index (χ0v) is 4.53. The van der Waals surface area contributed by atoms with Crippen LogP contribution in [0.5, 0.6) is 0 Å². The number of aliphatic hydroxyl groups excluding tert-OH is 2. The summed E-state index contributed by atoms with van der Waals surface area (Å²) < 4.78 is 0. The van der Waals surface area contributed by atoms with Crippen LogP contribution in [0.1, 0.15) is 6.92 Å². The van der Waals surface area contributed by atoms with E-state index in [1.54, 1.807) is 0 Å². The summed E-state index contributed by atoms with van der Waals surface area (Å²) in [7, 11) is 0. The van der Waals surface area contributed by atoms with Gasteiger partial charge in [0.25, 0.3) is 0 Å². The highest BCUT2D eigenvalue weighted by Crippen LogP contribution is 1.83. The van der Waals surface area contributed by atoms with Gasteiger partial charge in [-0.15, -0.1) is 0 Å². The van der Waals surface area contributed by atoms with E-state index in [9.17, 15) is 4.79 Å². The Bertz CT molecular complexity index is 79.3. The first-order valence-corrected chi connectivity index (χ1v) is 2.21. The van der Waals surface area contributed by atoms with Crippen molar-refractivity contribution in [2.75, 3.05) is 0 Å². The Morgan fingerprint density at radius 2 is 2.00 bits per heavy atom. The minimum atomic E-state index is -1.55. The van der Waals surface area contributed by atoms with Gasteiger partial charge in [-0.3, -0.25) is 10.5 Å². The third-order valence-electron chi connectivity index (χ3n) is 0.703. The molecule has 0 heterocycles. The van der Waals surface area contributed by atoms with Crippen molar-refractivity contribution in [1.82, 2.24) is 0 Å². The standard InChI is InChI=1S/C4H9NO3/c1-2(6)3(7)4(5)8/h2,4,6,8H,5H2,1H3. The maximum absolute atomic E-state index is 10.2. The van der Waals surface area contributed by atoms with E-state index < -0.39 is 18.1 Å². The summed E-state index contributed by atoms with van der Waals surface area (Å²) >= 11 is 0. The second-order valence-electron chi connectivity index (χ2n) is 1.52. The maximum Gasteiger partial charge on any atom is 0.203 e. The number of rotatable bonds is 2. The maximum atomic E-state index is 10.2. The second kappa shape index (κ2) is 2.76. The molecule has 0 bridgehead atoms. The van der Waals surface area contributed by atoms with Crippen LogP contribution in [0, 0.1) is 0 Å². The van der Waals surface area contributed by atoms with Gasteiger partial charge in [0.15, 0.2) is 6.23 Å². The molecule has 0 amide bonds. The second-order valence-corrected chi connectivity index (χ2v) is 1.52. The largest absolute Gasteiger partial charge is 0.385 e. The van der Waals surface area contributed by atoms with Gasteiger partial charge in [0.05, 0.1) is 0 Å². The summed E-state index contributed by atoms with van der Waals surface area (Å²) in [5.74, 6) is -0.759. The molecule has 0 aromatic heterocycles. The Kier molecular flexibility index (Phi) is 2.60. The Morgan fingerprint density at radius 1 is 1.62 bits per heavy atom. The number of aliphatic hydroxyl groups is 2. The van der Waals surface area contributed by atoms with E-state index in [0.29, 0.717) is 0 Å². The van der Waals surface area contributed by atoms with Crippen molar-refractivity contribution >= 4 is 5.78 Å². The first kappa shape index (κ1) is 7.55. The number of nitrogens with two attached hydrogens (primary N) is 1. The molecule has 0 radical (unpaired) electrons. The van der Waals surface area contributed by atoms with Crippen LogP contribution >= 0.6 is 0 Å². The van der Waals surface area contributed by atoms with Gasteiger partial charge in [0, 0.05) is 0 Å². The Morgan fingerprint density at radius 3 is 2.00 bits per heavy atom. The zero-order chi connectivity index (χ0) is 6.73. The molecule has 4 N–H and O–H groups in total. The molecule has 4 nitrogen and oxygen atoms in total. The molecular weight excluding hydrogens is 110 g/mol. The van der Waals surface area contributed by atoms with E-state index in [1.807, 2.05) is 0 Å². The number of hydrogen-bond acceptors (Lipinski definition) is 4. The van der Waals surface area contributed by atoms with Gasteiger partial charge >= 0.3 is 0 Å². The van der Waals surface area contributed by atoms with Crippen molar-refractivity contribution in [1.29, 1.82) is 0 Å². The van der Waals surface area contributed by atoms with Crippen LogP contribution in [-0.2, 0) is 4.79 Å². The van der Waals surface area contributed by atoms with E-state index in [2.05, 4.69) is 5.73 Å². The lowest BCUT2D eigenvalue weighted by Crippen LogP contribution is -2.36. The number of Topliss-reactive ketones (excluding diaryl/α,β-unsaturated/α-hetero) is 1. The normalized spacial score (nSPS) is 17.5. The van der Waals surface area contributed by atoms with Crippen LogP contribution in [0.4, 0.5) is 0 Å².